The molecule has 2 N–H and O–H groups in total. The number of carbonyl (C=O) groups is 1. The second kappa shape index (κ2) is 6.90. The van der Waals surface area contributed by atoms with Gasteiger partial charge in [0.15, 0.2) is 0 Å². The first-order valence-corrected chi connectivity index (χ1v) is 6.72. The van der Waals surface area contributed by atoms with Crippen LogP contribution in [0.3, 0.4) is 0 Å². The Balaban J connectivity index is 2.18. The number of nitrogens with zero attached hydrogens (tertiary/aromatic N) is 2. The van der Waals surface area contributed by atoms with Gasteiger partial charge in [0.05, 0.1) is 17.2 Å². The van der Waals surface area contributed by atoms with Gasteiger partial charge < -0.3 is 15.2 Å². The number of aromatic nitrogens is 2. The smallest absolute Gasteiger partial charge is 0.337 e. The minimum atomic E-state index is -1.08. The van der Waals surface area contributed by atoms with Crippen molar-refractivity contribution < 1.29 is 14.6 Å². The molecule has 0 amide bonds. The summed E-state index contributed by atoms with van der Waals surface area (Å²) in [6, 6.07) is 6.27. The van der Waals surface area contributed by atoms with Gasteiger partial charge in [-0.15, -0.1) is 0 Å². The fourth-order valence-corrected chi connectivity index (χ4v) is 1.81. The summed E-state index contributed by atoms with van der Waals surface area (Å²) in [7, 11) is 0. The highest BCUT2D eigenvalue weighted by Crippen LogP contribution is 2.23. The molecule has 2 rings (SSSR count). The Morgan fingerprint density at radius 2 is 2.19 bits per heavy atom. The molecule has 1 heterocycles. The van der Waals surface area contributed by atoms with Crippen LogP contribution < -0.4 is 10.1 Å². The molecular formula is C14H14ClN3O3. The van der Waals surface area contributed by atoms with Crippen molar-refractivity contribution in [1.29, 1.82) is 0 Å². The number of halogens is 1. The normalized spacial score (nSPS) is 10.2. The Labute approximate surface area is 126 Å². The second-order valence-corrected chi connectivity index (χ2v) is 4.62. The molecule has 1 aromatic carbocycles. The van der Waals surface area contributed by atoms with Crippen LogP contribution in [0.15, 0.2) is 30.6 Å². The van der Waals surface area contributed by atoms with Gasteiger partial charge in [0, 0.05) is 11.8 Å². The molecule has 6 nitrogen and oxygen atoms in total. The number of ether oxygens (including phenoxy) is 1. The zero-order valence-electron chi connectivity index (χ0n) is 11.3. The fraction of sp³-hybridized carbons (Fsp3) is 0.214. The maximum atomic E-state index is 11.0. The molecule has 1 aromatic heterocycles. The van der Waals surface area contributed by atoms with Crippen molar-refractivity contribution in [2.45, 2.75) is 13.3 Å². The van der Waals surface area contributed by atoms with Crippen molar-refractivity contribution in [2.75, 3.05) is 11.9 Å². The maximum Gasteiger partial charge on any atom is 0.337 e. The van der Waals surface area contributed by atoms with E-state index in [2.05, 4.69) is 15.3 Å². The van der Waals surface area contributed by atoms with Gasteiger partial charge in [0.2, 0.25) is 5.88 Å². The SMILES string of the molecule is CCCOc1cc(Nc2ccc(Cl)c(C(=O)O)c2)ncn1. The molecular weight excluding hydrogens is 294 g/mol. The second-order valence-electron chi connectivity index (χ2n) is 4.21. The lowest BCUT2D eigenvalue weighted by Gasteiger charge is -2.09. The van der Waals surface area contributed by atoms with Crippen molar-refractivity contribution in [3.8, 4) is 5.88 Å². The number of hydrogen-bond acceptors (Lipinski definition) is 5. The summed E-state index contributed by atoms with van der Waals surface area (Å²) in [5.41, 5.74) is 0.593. The standard InChI is InChI=1S/C14H14ClN3O3/c1-2-5-21-13-7-12(16-8-17-13)18-9-3-4-11(15)10(6-9)14(19)20/h3-4,6-8H,2,5H2,1H3,(H,19,20)(H,16,17,18). The van der Waals surface area contributed by atoms with Gasteiger partial charge >= 0.3 is 5.97 Å². The van der Waals surface area contributed by atoms with Gasteiger partial charge in [0.25, 0.3) is 0 Å². The maximum absolute atomic E-state index is 11.0. The molecule has 0 saturated carbocycles. The van der Waals surface area contributed by atoms with Crippen molar-refractivity contribution in [3.05, 3.63) is 41.2 Å². The summed E-state index contributed by atoms with van der Waals surface area (Å²) >= 11 is 5.82. The highest BCUT2D eigenvalue weighted by atomic mass is 35.5. The molecule has 0 spiro atoms. The van der Waals surface area contributed by atoms with E-state index < -0.39 is 5.97 Å². The monoisotopic (exact) mass is 307 g/mol. The van der Waals surface area contributed by atoms with Crippen LogP contribution in [0.2, 0.25) is 5.02 Å². The Kier molecular flexibility index (Phi) is 4.94. The average molecular weight is 308 g/mol. The third-order valence-electron chi connectivity index (χ3n) is 2.57. The first kappa shape index (κ1) is 15.1. The van der Waals surface area contributed by atoms with Crippen molar-refractivity contribution in [1.82, 2.24) is 9.97 Å². The van der Waals surface area contributed by atoms with E-state index in [0.717, 1.165) is 6.42 Å². The topological polar surface area (TPSA) is 84.3 Å². The van der Waals surface area contributed by atoms with Gasteiger partial charge in [-0.25, -0.2) is 14.8 Å². The number of carboxylic acids is 1. The number of rotatable bonds is 6. The third-order valence-corrected chi connectivity index (χ3v) is 2.89. The molecule has 0 aliphatic rings. The molecule has 0 fully saturated rings. The van der Waals surface area contributed by atoms with Crippen LogP contribution in [0.5, 0.6) is 5.88 Å². The van der Waals surface area contributed by atoms with E-state index in [1.165, 1.54) is 18.5 Å². The Morgan fingerprint density at radius 3 is 2.90 bits per heavy atom. The molecule has 0 saturated heterocycles. The lowest BCUT2D eigenvalue weighted by atomic mass is 10.2. The first-order valence-electron chi connectivity index (χ1n) is 6.35. The summed E-state index contributed by atoms with van der Waals surface area (Å²) in [4.78, 5) is 19.1. The number of anilines is 2. The van der Waals surface area contributed by atoms with Crippen LogP contribution in [0.1, 0.15) is 23.7 Å². The van der Waals surface area contributed by atoms with E-state index >= 15 is 0 Å². The van der Waals surface area contributed by atoms with Gasteiger partial charge in [-0.3, -0.25) is 0 Å². The molecule has 0 radical (unpaired) electrons. The van der Waals surface area contributed by atoms with E-state index in [-0.39, 0.29) is 10.6 Å². The Morgan fingerprint density at radius 1 is 1.38 bits per heavy atom. The summed E-state index contributed by atoms with van der Waals surface area (Å²) < 4.78 is 5.41. The lowest BCUT2D eigenvalue weighted by Crippen LogP contribution is -2.02. The molecule has 0 bridgehead atoms. The number of benzene rings is 1. The quantitative estimate of drug-likeness (QED) is 0.851. The van der Waals surface area contributed by atoms with Crippen LogP contribution in [-0.2, 0) is 0 Å². The van der Waals surface area contributed by atoms with E-state index in [1.54, 1.807) is 12.1 Å². The first-order chi connectivity index (χ1) is 10.1. The summed E-state index contributed by atoms with van der Waals surface area (Å²) in [6.07, 6.45) is 2.26. The van der Waals surface area contributed by atoms with Crippen molar-refractivity contribution in [3.63, 3.8) is 0 Å². The predicted molar refractivity (Wildman–Crippen MR) is 79.5 cm³/mol. The van der Waals surface area contributed by atoms with Crippen LogP contribution in [0.25, 0.3) is 0 Å². The lowest BCUT2D eigenvalue weighted by molar-refractivity contribution is 0.0697. The molecule has 21 heavy (non-hydrogen) atoms. The molecule has 0 aliphatic heterocycles. The van der Waals surface area contributed by atoms with E-state index in [1.807, 2.05) is 6.92 Å². The summed E-state index contributed by atoms with van der Waals surface area (Å²) in [6.45, 7) is 2.57. The molecule has 0 atom stereocenters. The Bertz CT molecular complexity index is 649. The largest absolute Gasteiger partial charge is 0.478 e. The third kappa shape index (κ3) is 4.06. The Hall–Kier alpha value is -2.34. The highest BCUT2D eigenvalue weighted by molar-refractivity contribution is 6.33. The van der Waals surface area contributed by atoms with Gasteiger partial charge in [-0.1, -0.05) is 18.5 Å². The highest BCUT2D eigenvalue weighted by Gasteiger charge is 2.10. The summed E-state index contributed by atoms with van der Waals surface area (Å²) in [5, 5.41) is 12.2. The number of hydrogen-bond donors (Lipinski definition) is 2. The van der Waals surface area contributed by atoms with E-state index in [0.29, 0.717) is 24.0 Å². The zero-order valence-corrected chi connectivity index (χ0v) is 12.1. The molecule has 110 valence electrons. The molecule has 7 heteroatoms. The van der Waals surface area contributed by atoms with Crippen molar-refractivity contribution >= 4 is 29.1 Å². The van der Waals surface area contributed by atoms with Gasteiger partial charge in [-0.2, -0.15) is 0 Å². The minimum Gasteiger partial charge on any atom is -0.478 e. The van der Waals surface area contributed by atoms with E-state index in [9.17, 15) is 4.79 Å². The molecule has 2 aromatic rings. The van der Waals surface area contributed by atoms with Crippen LogP contribution in [0, 0.1) is 0 Å². The van der Waals surface area contributed by atoms with Crippen molar-refractivity contribution in [2.24, 2.45) is 0 Å². The summed E-state index contributed by atoms with van der Waals surface area (Å²) in [5.74, 6) is -0.116. The minimum absolute atomic E-state index is 0.0261. The van der Waals surface area contributed by atoms with Crippen LogP contribution in [-0.4, -0.2) is 27.7 Å². The zero-order chi connectivity index (χ0) is 15.2. The van der Waals surface area contributed by atoms with Crippen LogP contribution >= 0.6 is 11.6 Å². The number of aromatic carboxylic acids is 1. The fourth-order valence-electron chi connectivity index (χ4n) is 1.61. The number of carboxylic acid groups (broad SMARTS) is 1. The van der Waals surface area contributed by atoms with E-state index in [4.69, 9.17) is 21.4 Å². The van der Waals surface area contributed by atoms with Crippen LogP contribution in [0.4, 0.5) is 11.5 Å². The molecule has 0 aliphatic carbocycles. The van der Waals surface area contributed by atoms with Gasteiger partial charge in [-0.05, 0) is 24.6 Å². The average Bonchev–Trinajstić information content (AvgIpc) is 2.47. The van der Waals surface area contributed by atoms with Gasteiger partial charge in [0.1, 0.15) is 12.1 Å². The number of nitrogens with one attached hydrogen (secondary N) is 1. The predicted octanol–water partition coefficient (Wildman–Crippen LogP) is 3.36. The molecule has 0 unspecified atom stereocenters.